The van der Waals surface area contributed by atoms with Crippen LogP contribution in [-0.2, 0) is 0 Å². The normalized spacial score (nSPS) is 12.7. The van der Waals surface area contributed by atoms with E-state index in [-0.39, 0.29) is 0 Å². The molecule has 0 saturated carbocycles. The molecular weight excluding hydrogens is 338 g/mol. The van der Waals surface area contributed by atoms with Crippen LogP contribution in [-0.4, -0.2) is 28.6 Å². The van der Waals surface area contributed by atoms with Crippen molar-refractivity contribution in [2.45, 2.75) is 30.2 Å². The number of hydrogen-bond donors (Lipinski definition) is 1. The van der Waals surface area contributed by atoms with Gasteiger partial charge in [-0.3, -0.25) is 0 Å². The van der Waals surface area contributed by atoms with Gasteiger partial charge in [-0.05, 0) is 35.7 Å². The van der Waals surface area contributed by atoms with Crippen LogP contribution in [0.1, 0.15) is 25.3 Å². The molecule has 0 spiro atoms. The van der Waals surface area contributed by atoms with Gasteiger partial charge in [-0.25, -0.2) is 4.98 Å². The van der Waals surface area contributed by atoms with Gasteiger partial charge < -0.3 is 9.84 Å². The van der Waals surface area contributed by atoms with E-state index >= 15 is 0 Å². The smallest absolute Gasteiger partial charge is 0.151 e. The molecule has 1 atom stereocenters. The van der Waals surface area contributed by atoms with Crippen LogP contribution in [0.15, 0.2) is 52.9 Å². The van der Waals surface area contributed by atoms with Crippen molar-refractivity contribution < 1.29 is 9.84 Å². The van der Waals surface area contributed by atoms with Crippen LogP contribution in [0.3, 0.4) is 0 Å². The Morgan fingerprint density at radius 1 is 1.12 bits per heavy atom. The molecular formula is C19H21NO2S2. The fraction of sp³-hybridized carbons (Fsp3) is 0.316. The minimum atomic E-state index is -0.521. The molecule has 24 heavy (non-hydrogen) atoms. The second-order valence-corrected chi connectivity index (χ2v) is 8.24. The highest BCUT2D eigenvalue weighted by atomic mass is 32.2. The lowest BCUT2D eigenvalue weighted by molar-refractivity contribution is 0.126. The fourth-order valence-corrected chi connectivity index (χ4v) is 4.27. The highest BCUT2D eigenvalue weighted by Gasteiger charge is 2.10. The number of fused-ring (bicyclic) bond motifs is 1. The quantitative estimate of drug-likeness (QED) is 0.606. The number of aliphatic hydroxyl groups excluding tert-OH is 1. The van der Waals surface area contributed by atoms with Crippen LogP contribution in [0.25, 0.3) is 10.2 Å². The van der Waals surface area contributed by atoms with Crippen molar-refractivity contribution in [2.24, 2.45) is 0 Å². The lowest BCUT2D eigenvalue weighted by Crippen LogP contribution is -2.20. The molecule has 1 N–H and O–H groups in total. The van der Waals surface area contributed by atoms with Gasteiger partial charge in [0.1, 0.15) is 12.4 Å². The molecule has 126 valence electrons. The number of benzene rings is 2. The van der Waals surface area contributed by atoms with E-state index < -0.39 is 6.10 Å². The molecule has 2 aromatic carbocycles. The summed E-state index contributed by atoms with van der Waals surface area (Å²) in [5.74, 6) is 1.88. The molecule has 0 saturated heterocycles. The largest absolute Gasteiger partial charge is 0.491 e. The second kappa shape index (κ2) is 8.01. The monoisotopic (exact) mass is 359 g/mol. The molecule has 5 heteroatoms. The number of thioether (sulfide) groups is 1. The molecule has 0 aliphatic carbocycles. The number of aromatic nitrogens is 1. The minimum absolute atomic E-state index is 0.291. The Balaban J connectivity index is 1.47. The van der Waals surface area contributed by atoms with Gasteiger partial charge >= 0.3 is 0 Å². The maximum Gasteiger partial charge on any atom is 0.151 e. The average Bonchev–Trinajstić information content (AvgIpc) is 3.01. The summed E-state index contributed by atoms with van der Waals surface area (Å²) >= 11 is 3.23. The van der Waals surface area contributed by atoms with E-state index in [1.165, 1.54) is 10.3 Å². The molecule has 3 aromatic rings. The van der Waals surface area contributed by atoms with Crippen molar-refractivity contribution in [2.75, 3.05) is 12.4 Å². The molecule has 3 rings (SSSR count). The average molecular weight is 360 g/mol. The Morgan fingerprint density at radius 2 is 1.88 bits per heavy atom. The maximum absolute atomic E-state index is 10.1. The fourth-order valence-electron chi connectivity index (χ4n) is 2.27. The van der Waals surface area contributed by atoms with Crippen LogP contribution in [0.2, 0.25) is 0 Å². The molecule has 1 unspecified atom stereocenters. The van der Waals surface area contributed by atoms with Crippen LogP contribution in [0, 0.1) is 0 Å². The van der Waals surface area contributed by atoms with Crippen LogP contribution < -0.4 is 4.74 Å². The number of nitrogens with zero attached hydrogens (tertiary/aromatic N) is 1. The molecule has 0 aliphatic heterocycles. The van der Waals surface area contributed by atoms with Gasteiger partial charge in [0.25, 0.3) is 0 Å². The Labute approximate surface area is 150 Å². The Hall–Kier alpha value is -1.56. The Kier molecular flexibility index (Phi) is 5.76. The van der Waals surface area contributed by atoms with E-state index in [1.54, 1.807) is 23.1 Å². The zero-order chi connectivity index (χ0) is 16.9. The van der Waals surface area contributed by atoms with Crippen molar-refractivity contribution in [3.63, 3.8) is 0 Å². The van der Waals surface area contributed by atoms with Crippen LogP contribution in [0.5, 0.6) is 5.75 Å². The lowest BCUT2D eigenvalue weighted by Gasteiger charge is -2.12. The van der Waals surface area contributed by atoms with Crippen molar-refractivity contribution >= 4 is 33.3 Å². The summed E-state index contributed by atoms with van der Waals surface area (Å²) in [6.07, 6.45) is -0.521. The predicted molar refractivity (Wildman–Crippen MR) is 102 cm³/mol. The van der Waals surface area contributed by atoms with Gasteiger partial charge in [0.2, 0.25) is 0 Å². The number of ether oxygens (including phenoxy) is 1. The number of rotatable bonds is 7. The molecule has 1 heterocycles. The van der Waals surface area contributed by atoms with E-state index in [1.807, 2.05) is 30.3 Å². The second-order valence-electron chi connectivity index (χ2n) is 5.95. The molecule has 0 fully saturated rings. The number of para-hydroxylation sites is 1. The van der Waals surface area contributed by atoms with Gasteiger partial charge in [-0.15, -0.1) is 11.3 Å². The van der Waals surface area contributed by atoms with E-state index in [4.69, 9.17) is 4.74 Å². The summed E-state index contributed by atoms with van der Waals surface area (Å²) in [4.78, 5) is 4.56. The SMILES string of the molecule is CC(C)c1ccc(OCC(O)CSc2nc3ccccc3s2)cc1. The highest BCUT2D eigenvalue weighted by Crippen LogP contribution is 2.29. The van der Waals surface area contributed by atoms with E-state index in [0.29, 0.717) is 18.3 Å². The number of aliphatic hydroxyl groups is 1. The van der Waals surface area contributed by atoms with Gasteiger partial charge in [0, 0.05) is 5.75 Å². The third kappa shape index (κ3) is 4.50. The minimum Gasteiger partial charge on any atom is -0.491 e. The summed E-state index contributed by atoms with van der Waals surface area (Å²) in [5.41, 5.74) is 2.30. The zero-order valence-electron chi connectivity index (χ0n) is 13.8. The van der Waals surface area contributed by atoms with Gasteiger partial charge in [-0.2, -0.15) is 0 Å². The Bertz CT molecular complexity index is 750. The number of thiazole rings is 1. The molecule has 3 nitrogen and oxygen atoms in total. The summed E-state index contributed by atoms with van der Waals surface area (Å²) in [6, 6.07) is 16.1. The van der Waals surface area contributed by atoms with Crippen LogP contribution >= 0.6 is 23.1 Å². The first-order valence-electron chi connectivity index (χ1n) is 8.01. The summed E-state index contributed by atoms with van der Waals surface area (Å²) in [7, 11) is 0. The van der Waals surface area contributed by atoms with Crippen molar-refractivity contribution in [3.05, 3.63) is 54.1 Å². The summed E-state index contributed by atoms with van der Waals surface area (Å²) in [6.45, 7) is 4.62. The van der Waals surface area contributed by atoms with Gasteiger partial charge in [-0.1, -0.05) is 49.9 Å². The van der Waals surface area contributed by atoms with Gasteiger partial charge in [0.05, 0.1) is 16.3 Å². The molecule has 0 bridgehead atoms. The van der Waals surface area contributed by atoms with Crippen LogP contribution in [0.4, 0.5) is 0 Å². The first-order chi connectivity index (χ1) is 11.6. The third-order valence-corrected chi connectivity index (χ3v) is 5.99. The topological polar surface area (TPSA) is 42.4 Å². The summed E-state index contributed by atoms with van der Waals surface area (Å²) in [5, 5.41) is 10.1. The third-order valence-electron chi connectivity index (χ3n) is 3.66. The molecule has 0 amide bonds. The van der Waals surface area contributed by atoms with E-state index in [2.05, 4.69) is 37.0 Å². The zero-order valence-corrected chi connectivity index (χ0v) is 15.4. The van der Waals surface area contributed by atoms with E-state index in [0.717, 1.165) is 15.6 Å². The number of hydrogen-bond acceptors (Lipinski definition) is 5. The lowest BCUT2D eigenvalue weighted by atomic mass is 10.0. The van der Waals surface area contributed by atoms with Crippen molar-refractivity contribution in [3.8, 4) is 5.75 Å². The first-order valence-corrected chi connectivity index (χ1v) is 9.81. The maximum atomic E-state index is 10.1. The standard InChI is InChI=1S/C19H21NO2S2/c1-13(2)14-7-9-16(10-8-14)22-11-15(21)12-23-19-20-17-5-3-4-6-18(17)24-19/h3-10,13,15,21H,11-12H2,1-2H3. The molecule has 0 aliphatic rings. The molecule has 0 radical (unpaired) electrons. The van der Waals surface area contributed by atoms with Crippen molar-refractivity contribution in [1.29, 1.82) is 0 Å². The molecule has 1 aromatic heterocycles. The summed E-state index contributed by atoms with van der Waals surface area (Å²) < 4.78 is 7.83. The van der Waals surface area contributed by atoms with E-state index in [9.17, 15) is 5.11 Å². The Morgan fingerprint density at radius 3 is 2.58 bits per heavy atom. The van der Waals surface area contributed by atoms with Crippen molar-refractivity contribution in [1.82, 2.24) is 4.98 Å². The first kappa shape index (κ1) is 17.3. The predicted octanol–water partition coefficient (Wildman–Crippen LogP) is 4.95. The highest BCUT2D eigenvalue weighted by molar-refractivity contribution is 8.01. The van der Waals surface area contributed by atoms with Gasteiger partial charge in [0.15, 0.2) is 4.34 Å².